The van der Waals surface area contributed by atoms with Gasteiger partial charge < -0.3 is 20.5 Å². The number of hydrogen-bond donors (Lipinski definition) is 3. The number of methoxy groups -OCH3 is 1. The summed E-state index contributed by atoms with van der Waals surface area (Å²) in [5.41, 5.74) is 3.25. The summed E-state index contributed by atoms with van der Waals surface area (Å²) in [6.07, 6.45) is 6.25. The lowest BCUT2D eigenvalue weighted by Gasteiger charge is -2.30. The summed E-state index contributed by atoms with van der Waals surface area (Å²) < 4.78 is 5.33. The van der Waals surface area contributed by atoms with Gasteiger partial charge in [0, 0.05) is 26.8 Å². The van der Waals surface area contributed by atoms with Crippen molar-refractivity contribution in [3.8, 4) is 5.75 Å². The third-order valence-corrected chi connectivity index (χ3v) is 5.45. The normalized spacial score (nSPS) is 16.7. The van der Waals surface area contributed by atoms with Crippen LogP contribution in [-0.4, -0.2) is 37.9 Å². The number of aromatic hydroxyl groups is 1. The molecule has 26 heavy (non-hydrogen) atoms. The molecule has 0 heterocycles. The minimum atomic E-state index is 0.331. The summed E-state index contributed by atoms with van der Waals surface area (Å²) in [6.45, 7) is 9.14. The molecule has 0 aliphatic heterocycles. The minimum Gasteiger partial charge on any atom is -0.507 e. The Morgan fingerprint density at radius 1 is 1.19 bits per heavy atom. The van der Waals surface area contributed by atoms with E-state index in [1.165, 1.54) is 25.7 Å². The first-order valence-electron chi connectivity index (χ1n) is 9.80. The molecule has 1 aromatic carbocycles. The summed E-state index contributed by atoms with van der Waals surface area (Å²) >= 11 is 0. The summed E-state index contributed by atoms with van der Waals surface area (Å²) in [5.74, 6) is 1.24. The van der Waals surface area contributed by atoms with E-state index in [0.29, 0.717) is 17.7 Å². The molecule has 1 aliphatic carbocycles. The van der Waals surface area contributed by atoms with Crippen LogP contribution in [0.4, 0.5) is 0 Å². The first-order valence-corrected chi connectivity index (χ1v) is 9.80. The van der Waals surface area contributed by atoms with Crippen LogP contribution in [0.15, 0.2) is 17.1 Å². The van der Waals surface area contributed by atoms with Crippen molar-refractivity contribution in [3.05, 3.63) is 28.8 Å². The number of aliphatic imine (C=N–C) groups is 1. The van der Waals surface area contributed by atoms with Crippen LogP contribution in [0.1, 0.15) is 55.7 Å². The quantitative estimate of drug-likeness (QED) is 0.488. The van der Waals surface area contributed by atoms with Crippen LogP contribution in [0, 0.1) is 19.3 Å². The number of nitrogens with one attached hydrogen (secondary N) is 2. The van der Waals surface area contributed by atoms with E-state index in [4.69, 9.17) is 9.73 Å². The summed E-state index contributed by atoms with van der Waals surface area (Å²) in [6, 6.07) is 4.01. The fourth-order valence-electron chi connectivity index (χ4n) is 3.88. The van der Waals surface area contributed by atoms with Gasteiger partial charge in [0.2, 0.25) is 0 Å². The monoisotopic (exact) mass is 361 g/mol. The lowest BCUT2D eigenvalue weighted by molar-refractivity contribution is 0.138. The molecule has 5 heteroatoms. The van der Waals surface area contributed by atoms with E-state index in [1.807, 2.05) is 26.0 Å². The maximum absolute atomic E-state index is 9.93. The number of aryl methyl sites for hydroxylation is 2. The van der Waals surface area contributed by atoms with Gasteiger partial charge in [-0.3, -0.25) is 0 Å². The number of phenolic OH excluding ortho intramolecular Hbond substituents is 1. The Morgan fingerprint density at radius 3 is 2.42 bits per heavy atom. The van der Waals surface area contributed by atoms with E-state index in [-0.39, 0.29) is 0 Å². The van der Waals surface area contributed by atoms with Crippen molar-refractivity contribution in [2.45, 2.75) is 59.4 Å². The Labute approximate surface area is 158 Å². The number of hydrogen-bond acceptors (Lipinski definition) is 3. The van der Waals surface area contributed by atoms with Crippen LogP contribution in [0.25, 0.3) is 0 Å². The van der Waals surface area contributed by atoms with Crippen molar-refractivity contribution in [1.82, 2.24) is 10.6 Å². The van der Waals surface area contributed by atoms with Crippen molar-refractivity contribution in [2.24, 2.45) is 10.4 Å². The van der Waals surface area contributed by atoms with Gasteiger partial charge in [-0.15, -0.1) is 0 Å². The largest absolute Gasteiger partial charge is 0.507 e. The predicted octanol–water partition coefficient (Wildman–Crippen LogP) is 3.66. The summed E-state index contributed by atoms with van der Waals surface area (Å²) in [5, 5.41) is 16.8. The molecule has 0 unspecified atom stereocenters. The highest BCUT2D eigenvalue weighted by atomic mass is 16.5. The molecule has 0 aromatic heterocycles. The highest BCUT2D eigenvalue weighted by molar-refractivity contribution is 5.79. The highest BCUT2D eigenvalue weighted by Crippen LogP contribution is 2.40. The predicted molar refractivity (Wildman–Crippen MR) is 108 cm³/mol. The molecule has 1 aromatic rings. The third kappa shape index (κ3) is 5.63. The van der Waals surface area contributed by atoms with Crippen LogP contribution in [0.2, 0.25) is 0 Å². The zero-order valence-corrected chi connectivity index (χ0v) is 16.8. The first-order chi connectivity index (χ1) is 12.5. The van der Waals surface area contributed by atoms with Crippen molar-refractivity contribution in [1.29, 1.82) is 0 Å². The number of phenols is 1. The Bertz CT molecular complexity index is 584. The van der Waals surface area contributed by atoms with Crippen molar-refractivity contribution >= 4 is 5.96 Å². The summed E-state index contributed by atoms with van der Waals surface area (Å²) in [4.78, 5) is 4.75. The fraction of sp³-hybridized carbons (Fsp3) is 0.667. The molecular formula is C21H35N3O2. The average molecular weight is 362 g/mol. The molecule has 2 rings (SSSR count). The molecule has 0 amide bonds. The third-order valence-electron chi connectivity index (χ3n) is 5.45. The SMILES string of the molecule is CCNC(=NCc1cc(C)c(O)c(C)c1)NCC1(CCOC)CCCC1. The highest BCUT2D eigenvalue weighted by Gasteiger charge is 2.33. The number of ether oxygens (including phenoxy) is 1. The van der Waals surface area contributed by atoms with Gasteiger partial charge in [-0.2, -0.15) is 0 Å². The second kappa shape index (κ2) is 9.81. The molecule has 146 valence electrons. The van der Waals surface area contributed by atoms with E-state index < -0.39 is 0 Å². The first kappa shape index (κ1) is 20.6. The topological polar surface area (TPSA) is 65.9 Å². The second-order valence-corrected chi connectivity index (χ2v) is 7.58. The van der Waals surface area contributed by atoms with Gasteiger partial charge in [-0.25, -0.2) is 4.99 Å². The van der Waals surface area contributed by atoms with Gasteiger partial charge in [-0.1, -0.05) is 25.0 Å². The molecule has 3 N–H and O–H groups in total. The van der Waals surface area contributed by atoms with Gasteiger partial charge >= 0.3 is 0 Å². The maximum Gasteiger partial charge on any atom is 0.191 e. The fourth-order valence-corrected chi connectivity index (χ4v) is 3.88. The molecule has 0 saturated heterocycles. The van der Waals surface area contributed by atoms with Gasteiger partial charge in [0.05, 0.1) is 6.54 Å². The second-order valence-electron chi connectivity index (χ2n) is 7.58. The Kier molecular flexibility index (Phi) is 7.76. The van der Waals surface area contributed by atoms with Crippen molar-refractivity contribution < 1.29 is 9.84 Å². The number of nitrogens with zero attached hydrogens (tertiary/aromatic N) is 1. The standard InChI is InChI=1S/C21H35N3O2/c1-5-22-20(23-14-18-12-16(2)19(25)17(3)13-18)24-15-21(10-11-26-4)8-6-7-9-21/h12-13,25H,5-11,14-15H2,1-4H3,(H2,22,23,24). The Morgan fingerprint density at radius 2 is 1.85 bits per heavy atom. The van der Waals surface area contributed by atoms with Crippen LogP contribution in [0.5, 0.6) is 5.75 Å². The van der Waals surface area contributed by atoms with Gasteiger partial charge in [0.25, 0.3) is 0 Å². The lowest BCUT2D eigenvalue weighted by atomic mass is 9.83. The van der Waals surface area contributed by atoms with E-state index in [0.717, 1.165) is 48.8 Å². The molecular weight excluding hydrogens is 326 g/mol. The summed E-state index contributed by atoms with van der Waals surface area (Å²) in [7, 11) is 1.78. The zero-order valence-electron chi connectivity index (χ0n) is 16.8. The van der Waals surface area contributed by atoms with Crippen LogP contribution in [-0.2, 0) is 11.3 Å². The van der Waals surface area contributed by atoms with Gasteiger partial charge in [0.15, 0.2) is 5.96 Å². The number of benzene rings is 1. The maximum atomic E-state index is 9.93. The molecule has 5 nitrogen and oxygen atoms in total. The van der Waals surface area contributed by atoms with E-state index in [1.54, 1.807) is 7.11 Å². The molecule has 1 saturated carbocycles. The smallest absolute Gasteiger partial charge is 0.191 e. The Hall–Kier alpha value is -1.75. The molecule has 0 atom stereocenters. The van der Waals surface area contributed by atoms with Crippen LogP contribution >= 0.6 is 0 Å². The molecule has 1 aliphatic rings. The lowest BCUT2D eigenvalue weighted by Crippen LogP contribution is -2.43. The van der Waals surface area contributed by atoms with Gasteiger partial charge in [0.1, 0.15) is 5.75 Å². The minimum absolute atomic E-state index is 0.331. The zero-order chi connectivity index (χ0) is 19.0. The van der Waals surface area contributed by atoms with E-state index >= 15 is 0 Å². The molecule has 0 bridgehead atoms. The molecule has 1 fully saturated rings. The van der Waals surface area contributed by atoms with E-state index in [2.05, 4.69) is 17.6 Å². The number of rotatable bonds is 8. The molecule has 0 radical (unpaired) electrons. The van der Waals surface area contributed by atoms with E-state index in [9.17, 15) is 5.11 Å². The van der Waals surface area contributed by atoms with Crippen molar-refractivity contribution in [2.75, 3.05) is 26.8 Å². The van der Waals surface area contributed by atoms with Crippen LogP contribution in [0.3, 0.4) is 0 Å². The Balaban J connectivity index is 2.02. The average Bonchev–Trinajstić information content (AvgIpc) is 3.09. The number of guanidine groups is 1. The van der Waals surface area contributed by atoms with Crippen LogP contribution < -0.4 is 10.6 Å². The van der Waals surface area contributed by atoms with Gasteiger partial charge in [-0.05, 0) is 62.1 Å². The van der Waals surface area contributed by atoms with Crippen molar-refractivity contribution in [3.63, 3.8) is 0 Å². The molecule has 0 spiro atoms.